The number of para-hydroxylation sites is 1. The van der Waals surface area contributed by atoms with Gasteiger partial charge in [0.05, 0.1) is 27.0 Å². The van der Waals surface area contributed by atoms with Crippen molar-refractivity contribution in [3.63, 3.8) is 0 Å². The van der Waals surface area contributed by atoms with Gasteiger partial charge in [0, 0.05) is 29.3 Å². The summed E-state index contributed by atoms with van der Waals surface area (Å²) in [5.41, 5.74) is 3.29. The van der Waals surface area contributed by atoms with Crippen LogP contribution in [-0.2, 0) is 4.79 Å². The van der Waals surface area contributed by atoms with Crippen molar-refractivity contribution in [1.82, 2.24) is 0 Å². The van der Waals surface area contributed by atoms with Crippen molar-refractivity contribution in [2.45, 2.75) is 13.8 Å². The summed E-state index contributed by atoms with van der Waals surface area (Å²) in [5.74, 6) is 2.16. The third kappa shape index (κ3) is 3.50. The molecule has 5 heteroatoms. The molecule has 0 spiro atoms. The molecule has 0 aliphatic carbocycles. The van der Waals surface area contributed by atoms with E-state index < -0.39 is 0 Å². The highest BCUT2D eigenvalue weighted by molar-refractivity contribution is 6.35. The highest BCUT2D eigenvalue weighted by Crippen LogP contribution is 2.41. The highest BCUT2D eigenvalue weighted by atomic mass is 16.5. The van der Waals surface area contributed by atoms with Crippen LogP contribution in [0.25, 0.3) is 11.6 Å². The van der Waals surface area contributed by atoms with E-state index in [1.807, 2.05) is 41.3 Å². The van der Waals surface area contributed by atoms with Crippen LogP contribution < -0.4 is 19.1 Å². The van der Waals surface area contributed by atoms with Gasteiger partial charge in [0.1, 0.15) is 5.75 Å². The molecule has 1 aliphatic rings. The Morgan fingerprint density at radius 3 is 2.22 bits per heavy atom. The summed E-state index contributed by atoms with van der Waals surface area (Å²) >= 11 is 0. The summed E-state index contributed by atoms with van der Waals surface area (Å²) < 4.78 is 16.3. The lowest BCUT2D eigenvalue weighted by Gasteiger charge is -2.19. The van der Waals surface area contributed by atoms with Gasteiger partial charge in [0.15, 0.2) is 11.5 Å². The summed E-state index contributed by atoms with van der Waals surface area (Å²) in [4.78, 5) is 15.0. The Morgan fingerprint density at radius 2 is 1.59 bits per heavy atom. The van der Waals surface area contributed by atoms with Gasteiger partial charge in [-0.2, -0.15) is 0 Å². The molecule has 1 heterocycles. The van der Waals surface area contributed by atoms with Gasteiger partial charge in [-0.05, 0) is 24.1 Å². The van der Waals surface area contributed by atoms with Gasteiger partial charge in [-0.25, -0.2) is 0 Å². The number of anilines is 1. The van der Waals surface area contributed by atoms with Crippen LogP contribution in [0, 0.1) is 5.92 Å². The van der Waals surface area contributed by atoms with Gasteiger partial charge >= 0.3 is 0 Å². The topological polar surface area (TPSA) is 48.0 Å². The number of methoxy groups -OCH3 is 3. The van der Waals surface area contributed by atoms with Crippen molar-refractivity contribution in [2.24, 2.45) is 5.92 Å². The van der Waals surface area contributed by atoms with Gasteiger partial charge in [-0.1, -0.05) is 32.0 Å². The molecule has 0 aromatic heterocycles. The van der Waals surface area contributed by atoms with Crippen molar-refractivity contribution in [1.29, 1.82) is 0 Å². The fourth-order valence-corrected chi connectivity index (χ4v) is 3.31. The number of amides is 1. The smallest absolute Gasteiger partial charge is 0.259 e. The van der Waals surface area contributed by atoms with Crippen molar-refractivity contribution >= 4 is 23.2 Å². The summed E-state index contributed by atoms with van der Waals surface area (Å²) in [6, 6.07) is 11.5. The number of benzene rings is 2. The van der Waals surface area contributed by atoms with E-state index in [1.54, 1.807) is 27.4 Å². The van der Waals surface area contributed by atoms with E-state index in [9.17, 15) is 4.79 Å². The fraction of sp³-hybridized carbons (Fsp3) is 0.318. The minimum absolute atomic E-state index is 0.00161. The maximum Gasteiger partial charge on any atom is 0.259 e. The number of nitrogens with zero attached hydrogens (tertiary/aromatic N) is 1. The first-order chi connectivity index (χ1) is 13.0. The van der Waals surface area contributed by atoms with Crippen molar-refractivity contribution < 1.29 is 19.0 Å². The molecule has 27 heavy (non-hydrogen) atoms. The number of carbonyl (C=O) groups is 1. The average Bonchev–Trinajstić information content (AvgIpc) is 2.93. The number of carbonyl (C=O) groups excluding carboxylic acids is 1. The van der Waals surface area contributed by atoms with E-state index in [0.29, 0.717) is 35.3 Å². The lowest BCUT2D eigenvalue weighted by molar-refractivity contribution is -0.113. The largest absolute Gasteiger partial charge is 0.496 e. The first-order valence-corrected chi connectivity index (χ1v) is 8.93. The van der Waals surface area contributed by atoms with Crippen LogP contribution in [0.2, 0.25) is 0 Å². The molecule has 0 fully saturated rings. The average molecular weight is 367 g/mol. The standard InChI is InChI=1S/C22H25NO4/c1-14(2)13-23-18-9-7-6-8-16(18)17(22(23)24)10-15-11-20(26-4)21(27-5)12-19(15)25-3/h6-12,14H,13H2,1-5H3/b17-10-. The van der Waals surface area contributed by atoms with Crippen LogP contribution in [-0.4, -0.2) is 33.8 Å². The second-order valence-electron chi connectivity index (χ2n) is 6.83. The third-order valence-corrected chi connectivity index (χ3v) is 4.54. The Kier molecular flexibility index (Phi) is 5.40. The molecule has 0 unspecified atom stereocenters. The van der Waals surface area contributed by atoms with Crippen LogP contribution >= 0.6 is 0 Å². The maximum absolute atomic E-state index is 13.1. The second-order valence-corrected chi connectivity index (χ2v) is 6.83. The van der Waals surface area contributed by atoms with Crippen LogP contribution in [0.1, 0.15) is 25.0 Å². The zero-order valence-electron chi connectivity index (χ0n) is 16.4. The monoisotopic (exact) mass is 367 g/mol. The van der Waals surface area contributed by atoms with Gasteiger partial charge < -0.3 is 19.1 Å². The summed E-state index contributed by atoms with van der Waals surface area (Å²) in [7, 11) is 4.76. The van der Waals surface area contributed by atoms with Crippen LogP contribution in [0.15, 0.2) is 36.4 Å². The molecule has 0 N–H and O–H groups in total. The Balaban J connectivity index is 2.13. The molecule has 1 aliphatic heterocycles. The molecule has 3 rings (SSSR count). The van der Waals surface area contributed by atoms with E-state index in [1.165, 1.54) is 0 Å². The highest BCUT2D eigenvalue weighted by Gasteiger charge is 2.32. The van der Waals surface area contributed by atoms with E-state index in [-0.39, 0.29) is 5.91 Å². The number of hydrogen-bond acceptors (Lipinski definition) is 4. The third-order valence-electron chi connectivity index (χ3n) is 4.54. The van der Waals surface area contributed by atoms with Crippen LogP contribution in [0.5, 0.6) is 17.2 Å². The van der Waals surface area contributed by atoms with Gasteiger partial charge in [-0.3, -0.25) is 4.79 Å². The SMILES string of the molecule is COc1cc(OC)c(OC)cc1/C=C1\C(=O)N(CC(C)C)c2ccccc21. The van der Waals surface area contributed by atoms with Crippen LogP contribution in [0.3, 0.4) is 0 Å². The Bertz CT molecular complexity index is 886. The van der Waals surface area contributed by atoms with Crippen LogP contribution in [0.4, 0.5) is 5.69 Å². The molecule has 0 saturated heterocycles. The predicted molar refractivity (Wildman–Crippen MR) is 108 cm³/mol. The first-order valence-electron chi connectivity index (χ1n) is 8.93. The molecule has 5 nitrogen and oxygen atoms in total. The normalized spacial score (nSPS) is 14.7. The van der Waals surface area contributed by atoms with E-state index in [0.717, 1.165) is 16.8 Å². The van der Waals surface area contributed by atoms with E-state index in [4.69, 9.17) is 14.2 Å². The molecule has 0 radical (unpaired) electrons. The molecule has 142 valence electrons. The molecule has 0 saturated carbocycles. The number of rotatable bonds is 6. The minimum Gasteiger partial charge on any atom is -0.496 e. The number of fused-ring (bicyclic) bond motifs is 1. The summed E-state index contributed by atoms with van der Waals surface area (Å²) in [5, 5.41) is 0. The summed E-state index contributed by atoms with van der Waals surface area (Å²) in [6.45, 7) is 4.89. The Morgan fingerprint density at radius 1 is 0.963 bits per heavy atom. The molecule has 1 amide bonds. The molecule has 0 atom stereocenters. The van der Waals surface area contributed by atoms with E-state index in [2.05, 4.69) is 13.8 Å². The molecular formula is C22H25NO4. The summed E-state index contributed by atoms with van der Waals surface area (Å²) in [6.07, 6.45) is 1.86. The van der Waals surface area contributed by atoms with Crippen molar-refractivity contribution in [2.75, 3.05) is 32.8 Å². The lowest BCUT2D eigenvalue weighted by atomic mass is 10.0. The van der Waals surface area contributed by atoms with E-state index >= 15 is 0 Å². The number of ether oxygens (including phenoxy) is 3. The molecule has 2 aromatic rings. The van der Waals surface area contributed by atoms with Gasteiger partial charge in [0.25, 0.3) is 5.91 Å². The zero-order chi connectivity index (χ0) is 19.6. The first kappa shape index (κ1) is 18.8. The predicted octanol–water partition coefficient (Wildman–Crippen LogP) is 4.26. The lowest BCUT2D eigenvalue weighted by Crippen LogP contribution is -2.30. The second kappa shape index (κ2) is 7.74. The van der Waals surface area contributed by atoms with Gasteiger partial charge in [0.2, 0.25) is 0 Å². The maximum atomic E-state index is 13.1. The molecule has 2 aromatic carbocycles. The Hall–Kier alpha value is -2.95. The number of hydrogen-bond donors (Lipinski definition) is 0. The quantitative estimate of drug-likeness (QED) is 0.716. The Labute approximate surface area is 160 Å². The minimum atomic E-state index is 0.00161. The van der Waals surface area contributed by atoms with Gasteiger partial charge in [-0.15, -0.1) is 0 Å². The molecule has 0 bridgehead atoms. The van der Waals surface area contributed by atoms with Crippen molar-refractivity contribution in [3.05, 3.63) is 47.5 Å². The zero-order valence-corrected chi connectivity index (χ0v) is 16.4. The molecular weight excluding hydrogens is 342 g/mol. The van der Waals surface area contributed by atoms with Crippen molar-refractivity contribution in [3.8, 4) is 17.2 Å². The fourth-order valence-electron chi connectivity index (χ4n) is 3.31.